The molecular formula is C18H30BrNS. The molecule has 21 heavy (non-hydrogen) atoms. The lowest BCUT2D eigenvalue weighted by Gasteiger charge is -2.41. The molecule has 1 heterocycles. The fraction of sp³-hybridized carbons (Fsp3) is 0.833. The molecule has 1 aromatic rings. The van der Waals surface area contributed by atoms with Crippen LogP contribution < -0.4 is 0 Å². The summed E-state index contributed by atoms with van der Waals surface area (Å²) >= 11 is 5.81. The van der Waals surface area contributed by atoms with Gasteiger partial charge in [0, 0.05) is 22.0 Å². The van der Waals surface area contributed by atoms with E-state index in [1.54, 1.807) is 0 Å². The second kappa shape index (κ2) is 6.31. The number of nitrogens with zero attached hydrogens (tertiary/aromatic N) is 1. The third-order valence-corrected chi connectivity index (χ3v) is 6.83. The average Bonchev–Trinajstić information content (AvgIpc) is 2.75. The summed E-state index contributed by atoms with van der Waals surface area (Å²) in [4.78, 5) is 5.57. The molecule has 0 aliphatic heterocycles. The summed E-state index contributed by atoms with van der Waals surface area (Å²) in [6.45, 7) is 14.0. The minimum absolute atomic E-state index is 0.164. The molecule has 1 saturated carbocycles. The lowest BCUT2D eigenvalue weighted by molar-refractivity contribution is 0.146. The van der Waals surface area contributed by atoms with E-state index in [1.807, 2.05) is 11.3 Å². The van der Waals surface area contributed by atoms with E-state index in [0.717, 1.165) is 18.3 Å². The predicted octanol–water partition coefficient (Wildman–Crippen LogP) is 6.21. The minimum Gasteiger partial charge on any atom is -0.246 e. The van der Waals surface area contributed by atoms with Crippen molar-refractivity contribution in [2.75, 3.05) is 0 Å². The molecule has 3 unspecified atom stereocenters. The van der Waals surface area contributed by atoms with Crippen LogP contribution in [0.2, 0.25) is 0 Å². The van der Waals surface area contributed by atoms with Crippen molar-refractivity contribution in [2.24, 2.45) is 17.3 Å². The van der Waals surface area contributed by atoms with Gasteiger partial charge in [-0.1, -0.05) is 63.9 Å². The van der Waals surface area contributed by atoms with Crippen LogP contribution in [0, 0.1) is 17.3 Å². The van der Waals surface area contributed by atoms with Crippen LogP contribution in [0.25, 0.3) is 0 Å². The molecule has 1 nitrogen and oxygen atoms in total. The van der Waals surface area contributed by atoms with Gasteiger partial charge in [0.25, 0.3) is 0 Å². The van der Waals surface area contributed by atoms with Gasteiger partial charge in [0.15, 0.2) is 0 Å². The summed E-state index contributed by atoms with van der Waals surface area (Å²) in [6.07, 6.45) is 5.15. The molecule has 120 valence electrons. The van der Waals surface area contributed by atoms with E-state index >= 15 is 0 Å². The van der Waals surface area contributed by atoms with Crippen molar-refractivity contribution in [3.8, 4) is 0 Å². The van der Waals surface area contributed by atoms with Gasteiger partial charge in [0.1, 0.15) is 0 Å². The average molecular weight is 372 g/mol. The summed E-state index contributed by atoms with van der Waals surface area (Å²) in [5.74, 6) is 1.63. The molecule has 0 saturated heterocycles. The van der Waals surface area contributed by atoms with E-state index in [-0.39, 0.29) is 5.41 Å². The van der Waals surface area contributed by atoms with Crippen molar-refractivity contribution in [3.63, 3.8) is 0 Å². The van der Waals surface area contributed by atoms with Gasteiger partial charge in [-0.15, -0.1) is 11.3 Å². The first kappa shape index (κ1) is 17.5. The largest absolute Gasteiger partial charge is 0.246 e. The maximum Gasteiger partial charge on any atom is 0.0933 e. The Bertz CT molecular complexity index is 472. The van der Waals surface area contributed by atoms with Gasteiger partial charge < -0.3 is 0 Å². The van der Waals surface area contributed by atoms with Crippen molar-refractivity contribution in [3.05, 3.63) is 16.1 Å². The van der Waals surface area contributed by atoms with Crippen LogP contribution in [0.4, 0.5) is 0 Å². The quantitative estimate of drug-likeness (QED) is 0.575. The third-order valence-electron chi connectivity index (χ3n) is 4.97. The maximum atomic E-state index is 4.90. The fourth-order valence-electron chi connectivity index (χ4n) is 3.45. The number of halogens is 1. The first-order chi connectivity index (χ1) is 9.59. The van der Waals surface area contributed by atoms with Gasteiger partial charge in [-0.3, -0.25) is 0 Å². The minimum atomic E-state index is 0.164. The van der Waals surface area contributed by atoms with Gasteiger partial charge >= 0.3 is 0 Å². The van der Waals surface area contributed by atoms with E-state index < -0.39 is 0 Å². The van der Waals surface area contributed by atoms with E-state index in [1.165, 1.54) is 30.0 Å². The normalized spacial score (nSPS) is 27.9. The van der Waals surface area contributed by atoms with E-state index in [2.05, 4.69) is 62.9 Å². The highest BCUT2D eigenvalue weighted by atomic mass is 79.9. The molecule has 1 aliphatic rings. The second-order valence-corrected chi connectivity index (χ2v) is 10.7. The third kappa shape index (κ3) is 4.31. The predicted molar refractivity (Wildman–Crippen MR) is 97.5 cm³/mol. The first-order valence-corrected chi connectivity index (χ1v) is 9.98. The number of aromatic nitrogens is 1. The van der Waals surface area contributed by atoms with Crippen LogP contribution in [0.3, 0.4) is 0 Å². The van der Waals surface area contributed by atoms with Gasteiger partial charge in [-0.05, 0) is 30.1 Å². The Morgan fingerprint density at radius 1 is 1.24 bits per heavy atom. The monoisotopic (exact) mass is 371 g/mol. The number of thiazole rings is 1. The zero-order chi connectivity index (χ0) is 15.8. The van der Waals surface area contributed by atoms with Crippen LogP contribution in [0.1, 0.15) is 71.5 Å². The Kier molecular flexibility index (Phi) is 5.25. The Labute approximate surface area is 143 Å². The van der Waals surface area contributed by atoms with Crippen molar-refractivity contribution < 1.29 is 0 Å². The summed E-state index contributed by atoms with van der Waals surface area (Å²) in [5, 5.41) is 3.56. The molecule has 0 aromatic carbocycles. The number of rotatable bonds is 3. The van der Waals surface area contributed by atoms with Gasteiger partial charge in [-0.25, -0.2) is 4.98 Å². The standard InChI is InChI=1S/C18H30BrNS/c1-12-7-8-13(14(19)9-12)18(5,6)10-16-20-15(11-21-16)17(2,3)4/h11-14H,7-10H2,1-6H3. The van der Waals surface area contributed by atoms with Crippen LogP contribution >= 0.6 is 27.3 Å². The molecule has 0 amide bonds. The molecule has 1 aliphatic carbocycles. The Hall–Kier alpha value is 0.110. The van der Waals surface area contributed by atoms with Crippen molar-refractivity contribution in [2.45, 2.75) is 77.5 Å². The topological polar surface area (TPSA) is 12.9 Å². The molecule has 3 atom stereocenters. The molecule has 1 aromatic heterocycles. The molecule has 0 bridgehead atoms. The van der Waals surface area contributed by atoms with Crippen LogP contribution in [-0.4, -0.2) is 9.81 Å². The van der Waals surface area contributed by atoms with E-state index in [9.17, 15) is 0 Å². The summed E-state index contributed by atoms with van der Waals surface area (Å²) in [5.41, 5.74) is 1.73. The summed E-state index contributed by atoms with van der Waals surface area (Å²) < 4.78 is 0. The highest BCUT2D eigenvalue weighted by molar-refractivity contribution is 9.09. The number of alkyl halides is 1. The molecule has 0 radical (unpaired) electrons. The lowest BCUT2D eigenvalue weighted by Crippen LogP contribution is -2.37. The van der Waals surface area contributed by atoms with Gasteiger partial charge in [0.2, 0.25) is 0 Å². The lowest BCUT2D eigenvalue weighted by atomic mass is 9.67. The Balaban J connectivity index is 2.08. The zero-order valence-electron chi connectivity index (χ0n) is 14.4. The second-order valence-electron chi connectivity index (χ2n) is 8.58. The SMILES string of the molecule is CC1CCC(C(C)(C)Cc2nc(C(C)(C)C)cs2)C(Br)C1. The Morgan fingerprint density at radius 3 is 2.43 bits per heavy atom. The number of hydrogen-bond acceptors (Lipinski definition) is 2. The molecule has 2 rings (SSSR count). The zero-order valence-corrected chi connectivity index (χ0v) is 16.8. The highest BCUT2D eigenvalue weighted by Crippen LogP contribution is 2.45. The molecule has 0 N–H and O–H groups in total. The highest BCUT2D eigenvalue weighted by Gasteiger charge is 2.38. The summed E-state index contributed by atoms with van der Waals surface area (Å²) in [7, 11) is 0. The van der Waals surface area contributed by atoms with Crippen LogP contribution in [0.5, 0.6) is 0 Å². The van der Waals surface area contributed by atoms with Crippen LogP contribution in [0.15, 0.2) is 5.38 Å². The molecule has 1 fully saturated rings. The van der Waals surface area contributed by atoms with Crippen LogP contribution in [-0.2, 0) is 11.8 Å². The Morgan fingerprint density at radius 2 is 1.90 bits per heavy atom. The fourth-order valence-corrected chi connectivity index (χ4v) is 6.33. The van der Waals surface area contributed by atoms with E-state index in [0.29, 0.717) is 10.2 Å². The number of hydrogen-bond donors (Lipinski definition) is 0. The molecule has 0 spiro atoms. The molecule has 3 heteroatoms. The molecular weight excluding hydrogens is 342 g/mol. The smallest absolute Gasteiger partial charge is 0.0933 e. The van der Waals surface area contributed by atoms with Crippen molar-refractivity contribution in [1.29, 1.82) is 0 Å². The van der Waals surface area contributed by atoms with Crippen molar-refractivity contribution in [1.82, 2.24) is 4.98 Å². The van der Waals surface area contributed by atoms with E-state index in [4.69, 9.17) is 4.98 Å². The maximum absolute atomic E-state index is 4.90. The van der Waals surface area contributed by atoms with Crippen molar-refractivity contribution >= 4 is 27.3 Å². The van der Waals surface area contributed by atoms with Gasteiger partial charge in [-0.2, -0.15) is 0 Å². The first-order valence-electron chi connectivity index (χ1n) is 8.18. The van der Waals surface area contributed by atoms with Gasteiger partial charge in [0.05, 0.1) is 10.7 Å². The summed E-state index contributed by atoms with van der Waals surface area (Å²) in [6, 6.07) is 0.